The van der Waals surface area contributed by atoms with Gasteiger partial charge in [0, 0.05) is 30.8 Å². The minimum absolute atomic E-state index is 0.0558. The number of nitrogens with zero attached hydrogens (tertiary/aromatic N) is 1. The molecule has 0 fully saturated rings. The molecule has 0 heterocycles. The van der Waals surface area contributed by atoms with Crippen molar-refractivity contribution in [2.45, 2.75) is 25.3 Å². The van der Waals surface area contributed by atoms with Crippen LogP contribution in [0, 0.1) is 5.82 Å². The van der Waals surface area contributed by atoms with Gasteiger partial charge < -0.3 is 15.4 Å². The number of esters is 1. The van der Waals surface area contributed by atoms with E-state index in [2.05, 4.69) is 10.6 Å². The molecule has 11 heteroatoms. The van der Waals surface area contributed by atoms with Gasteiger partial charge in [-0.2, -0.15) is 4.31 Å². The Kier molecular flexibility index (Phi) is 9.49. The van der Waals surface area contributed by atoms with Gasteiger partial charge in [0.1, 0.15) is 12.4 Å². The largest absolute Gasteiger partial charge is 0.454 e. The zero-order valence-corrected chi connectivity index (χ0v) is 19.2. The highest BCUT2D eigenvalue weighted by Gasteiger charge is 2.21. The quantitative estimate of drug-likeness (QED) is 0.471. The standard InChI is InChI=1S/C22H26FN3O6S/c1-3-26(4-2)33(30,31)18-11-9-16(10-12-18)22(29)25-14-21(28)32-15-20(27)24-13-17-7-5-6-8-19(17)23/h5-12H,3-4,13-15H2,1-2H3,(H,24,27)(H,25,29). The van der Waals surface area contributed by atoms with E-state index in [4.69, 9.17) is 4.74 Å². The molecule has 0 saturated carbocycles. The average Bonchev–Trinajstić information content (AvgIpc) is 2.81. The number of sulfonamides is 1. The first kappa shape index (κ1) is 25.9. The Labute approximate surface area is 192 Å². The molecule has 0 atom stereocenters. The lowest BCUT2D eigenvalue weighted by Gasteiger charge is -2.18. The van der Waals surface area contributed by atoms with E-state index in [1.54, 1.807) is 19.9 Å². The van der Waals surface area contributed by atoms with Gasteiger partial charge in [-0.1, -0.05) is 32.0 Å². The topological polar surface area (TPSA) is 122 Å². The highest BCUT2D eigenvalue weighted by atomic mass is 32.2. The molecule has 0 radical (unpaired) electrons. The number of hydrogen-bond acceptors (Lipinski definition) is 6. The molecule has 0 aliphatic heterocycles. The second kappa shape index (κ2) is 12.1. The maximum Gasteiger partial charge on any atom is 0.325 e. The Morgan fingerprint density at radius 3 is 2.21 bits per heavy atom. The molecular formula is C22H26FN3O6S. The summed E-state index contributed by atoms with van der Waals surface area (Å²) in [4.78, 5) is 35.8. The first-order valence-electron chi connectivity index (χ1n) is 10.2. The van der Waals surface area contributed by atoms with Crippen molar-refractivity contribution in [3.05, 3.63) is 65.5 Å². The number of carbonyl (C=O) groups is 3. The smallest absolute Gasteiger partial charge is 0.325 e. The molecule has 0 aliphatic carbocycles. The van der Waals surface area contributed by atoms with Crippen molar-refractivity contribution >= 4 is 27.8 Å². The van der Waals surface area contributed by atoms with Crippen LogP contribution in [0.15, 0.2) is 53.4 Å². The van der Waals surface area contributed by atoms with Gasteiger partial charge in [0.25, 0.3) is 11.8 Å². The van der Waals surface area contributed by atoms with Gasteiger partial charge in [0.15, 0.2) is 6.61 Å². The van der Waals surface area contributed by atoms with Crippen LogP contribution in [0.3, 0.4) is 0 Å². The fraction of sp³-hybridized carbons (Fsp3) is 0.318. The highest BCUT2D eigenvalue weighted by molar-refractivity contribution is 7.89. The minimum Gasteiger partial charge on any atom is -0.454 e. The normalized spacial score (nSPS) is 11.2. The van der Waals surface area contributed by atoms with Crippen LogP contribution in [0.1, 0.15) is 29.8 Å². The van der Waals surface area contributed by atoms with Crippen molar-refractivity contribution < 1.29 is 31.9 Å². The summed E-state index contributed by atoms with van der Waals surface area (Å²) >= 11 is 0. The van der Waals surface area contributed by atoms with Gasteiger partial charge in [0.05, 0.1) is 4.90 Å². The highest BCUT2D eigenvalue weighted by Crippen LogP contribution is 2.16. The fourth-order valence-electron chi connectivity index (χ4n) is 2.83. The van der Waals surface area contributed by atoms with Crippen LogP contribution >= 0.6 is 0 Å². The number of hydrogen-bond donors (Lipinski definition) is 2. The number of ether oxygens (including phenoxy) is 1. The van der Waals surface area contributed by atoms with Gasteiger partial charge in [-0.05, 0) is 30.3 Å². The van der Waals surface area contributed by atoms with Crippen LogP contribution in [-0.4, -0.2) is 56.7 Å². The summed E-state index contributed by atoms with van der Waals surface area (Å²) in [7, 11) is -3.64. The van der Waals surface area contributed by atoms with Gasteiger partial charge in [-0.15, -0.1) is 0 Å². The summed E-state index contributed by atoms with van der Waals surface area (Å²) in [6.07, 6.45) is 0. The zero-order chi connectivity index (χ0) is 24.4. The summed E-state index contributed by atoms with van der Waals surface area (Å²) in [5, 5.41) is 4.76. The van der Waals surface area contributed by atoms with Crippen LogP contribution in [0.5, 0.6) is 0 Å². The molecule has 0 saturated heterocycles. The molecular weight excluding hydrogens is 453 g/mol. The molecule has 2 rings (SSSR count). The van der Waals surface area contributed by atoms with Crippen molar-refractivity contribution in [1.29, 1.82) is 0 Å². The first-order chi connectivity index (χ1) is 15.7. The van der Waals surface area contributed by atoms with Crippen LogP contribution in [-0.2, 0) is 30.9 Å². The summed E-state index contributed by atoms with van der Waals surface area (Å²) in [6, 6.07) is 11.3. The average molecular weight is 480 g/mol. The number of nitrogens with one attached hydrogen (secondary N) is 2. The maximum absolute atomic E-state index is 13.5. The molecule has 2 aromatic rings. The van der Waals surface area contributed by atoms with E-state index >= 15 is 0 Å². The Morgan fingerprint density at radius 2 is 1.61 bits per heavy atom. The van der Waals surface area contributed by atoms with Crippen LogP contribution in [0.25, 0.3) is 0 Å². The van der Waals surface area contributed by atoms with E-state index in [1.807, 2.05) is 0 Å². The lowest BCUT2D eigenvalue weighted by atomic mass is 10.2. The zero-order valence-electron chi connectivity index (χ0n) is 18.3. The first-order valence-corrected chi connectivity index (χ1v) is 11.7. The van der Waals surface area contributed by atoms with Gasteiger partial charge in [-0.3, -0.25) is 14.4 Å². The monoisotopic (exact) mass is 479 g/mol. The number of amides is 2. The van der Waals surface area contributed by atoms with Crippen LogP contribution in [0.4, 0.5) is 4.39 Å². The summed E-state index contributed by atoms with van der Waals surface area (Å²) in [6.45, 7) is 2.98. The van der Waals surface area contributed by atoms with Crippen molar-refractivity contribution in [3.63, 3.8) is 0 Å². The third-order valence-corrected chi connectivity index (χ3v) is 6.72. The Balaban J connectivity index is 1.79. The predicted molar refractivity (Wildman–Crippen MR) is 118 cm³/mol. The van der Waals surface area contributed by atoms with Gasteiger partial charge >= 0.3 is 5.97 Å². The number of halogens is 1. The summed E-state index contributed by atoms with van der Waals surface area (Å²) in [5.41, 5.74) is 0.448. The van der Waals surface area contributed by atoms with Crippen LogP contribution in [0.2, 0.25) is 0 Å². The Bertz CT molecular complexity index is 1090. The molecule has 33 heavy (non-hydrogen) atoms. The van der Waals surface area contributed by atoms with E-state index in [1.165, 1.54) is 46.8 Å². The second-order valence-electron chi connectivity index (χ2n) is 6.83. The molecule has 178 valence electrons. The van der Waals surface area contributed by atoms with Crippen LogP contribution < -0.4 is 10.6 Å². The molecule has 0 bridgehead atoms. The molecule has 2 amide bonds. The molecule has 2 N–H and O–H groups in total. The Hall–Kier alpha value is -3.31. The van der Waals surface area contributed by atoms with E-state index < -0.39 is 46.8 Å². The third-order valence-electron chi connectivity index (χ3n) is 4.65. The molecule has 0 aromatic heterocycles. The van der Waals surface area contributed by atoms with Crippen molar-refractivity contribution in [2.24, 2.45) is 0 Å². The maximum atomic E-state index is 13.5. The second-order valence-corrected chi connectivity index (χ2v) is 8.76. The number of carbonyl (C=O) groups excluding carboxylic acids is 3. The number of benzene rings is 2. The Morgan fingerprint density at radius 1 is 0.970 bits per heavy atom. The fourth-order valence-corrected chi connectivity index (χ4v) is 4.29. The van der Waals surface area contributed by atoms with E-state index in [0.29, 0.717) is 18.7 Å². The molecule has 2 aromatic carbocycles. The lowest BCUT2D eigenvalue weighted by molar-refractivity contribution is -0.147. The van der Waals surface area contributed by atoms with Crippen molar-refractivity contribution in [1.82, 2.24) is 14.9 Å². The molecule has 0 aliphatic rings. The lowest BCUT2D eigenvalue weighted by Crippen LogP contribution is -2.34. The predicted octanol–water partition coefficient (Wildman–Crippen LogP) is 1.45. The van der Waals surface area contributed by atoms with E-state index in [9.17, 15) is 27.2 Å². The van der Waals surface area contributed by atoms with E-state index in [0.717, 1.165) is 0 Å². The van der Waals surface area contributed by atoms with Gasteiger partial charge in [-0.25, -0.2) is 12.8 Å². The summed E-state index contributed by atoms with van der Waals surface area (Å²) < 4.78 is 44.5. The molecule has 9 nitrogen and oxygen atoms in total. The third kappa shape index (κ3) is 7.36. The van der Waals surface area contributed by atoms with Gasteiger partial charge in [0.2, 0.25) is 10.0 Å². The van der Waals surface area contributed by atoms with Crippen molar-refractivity contribution in [3.8, 4) is 0 Å². The van der Waals surface area contributed by atoms with Crippen molar-refractivity contribution in [2.75, 3.05) is 26.2 Å². The summed E-state index contributed by atoms with van der Waals surface area (Å²) in [5.74, 6) is -2.54. The molecule has 0 unspecified atom stereocenters. The molecule has 0 spiro atoms. The number of rotatable bonds is 11. The van der Waals surface area contributed by atoms with E-state index in [-0.39, 0.29) is 17.0 Å². The SMILES string of the molecule is CCN(CC)S(=O)(=O)c1ccc(C(=O)NCC(=O)OCC(=O)NCc2ccccc2F)cc1. The minimum atomic E-state index is -3.64.